The number of para-hydroxylation sites is 2. The smallest absolute Gasteiger partial charge is 0.0504 e. The van der Waals surface area contributed by atoms with Crippen molar-refractivity contribution in [3.63, 3.8) is 0 Å². The first kappa shape index (κ1) is 70.5. The van der Waals surface area contributed by atoms with E-state index in [1.54, 1.807) is 0 Å². The molecule has 19 aromatic carbocycles. The molecule has 0 aliphatic carbocycles. The van der Waals surface area contributed by atoms with Crippen molar-refractivity contribution in [2.75, 3.05) is 19.6 Å². The summed E-state index contributed by atoms with van der Waals surface area (Å²) in [6.45, 7) is 9.46. The van der Waals surface area contributed by atoms with E-state index in [0.717, 1.165) is 45.5 Å². The van der Waals surface area contributed by atoms with Gasteiger partial charge in [-0.3, -0.25) is 0 Å². The third-order valence-corrected chi connectivity index (χ3v) is 24.1. The molecular formula is C112H84N4. The number of anilines is 12. The fraction of sp³-hybridized carbons (Fsp3) is 0.0536. The normalized spacial score (nSPS) is 12.9. The maximum absolute atomic E-state index is 2.44. The highest BCUT2D eigenvalue weighted by atomic mass is 15.2. The van der Waals surface area contributed by atoms with Crippen LogP contribution in [0.4, 0.5) is 68.2 Å². The second-order valence-electron chi connectivity index (χ2n) is 31.6. The van der Waals surface area contributed by atoms with Crippen LogP contribution < -0.4 is 19.6 Å². The first-order valence-corrected chi connectivity index (χ1v) is 40.3. The molecule has 0 amide bonds. The van der Waals surface area contributed by atoms with E-state index in [-0.39, 0.29) is 10.8 Å². The minimum Gasteiger partial charge on any atom is -0.310 e. The highest BCUT2D eigenvalue weighted by Gasteiger charge is 2.39. The molecule has 2 aliphatic rings. The number of nitrogens with zero attached hydrogens (tertiary/aromatic N) is 4. The third-order valence-electron chi connectivity index (χ3n) is 24.1. The predicted octanol–water partition coefficient (Wildman–Crippen LogP) is 31.5. The maximum Gasteiger partial charge on any atom is 0.0504 e. The minimum atomic E-state index is -0.245. The van der Waals surface area contributed by atoms with Crippen molar-refractivity contribution in [1.82, 2.24) is 0 Å². The zero-order chi connectivity index (χ0) is 77.9. The molecule has 0 atom stereocenters. The molecule has 0 saturated heterocycles. The summed E-state index contributed by atoms with van der Waals surface area (Å²) in [5, 5.41) is 9.98. The Morgan fingerprint density at radius 2 is 0.422 bits per heavy atom. The van der Waals surface area contributed by atoms with Gasteiger partial charge in [0, 0.05) is 56.3 Å². The van der Waals surface area contributed by atoms with Gasteiger partial charge in [-0.1, -0.05) is 337 Å². The Bertz CT molecular complexity index is 6840. The van der Waals surface area contributed by atoms with Crippen LogP contribution in [-0.2, 0) is 10.8 Å². The van der Waals surface area contributed by atoms with Gasteiger partial charge in [-0.2, -0.15) is 0 Å². The molecule has 0 bridgehead atoms. The first-order valence-electron chi connectivity index (χ1n) is 40.3. The topological polar surface area (TPSA) is 13.0 Å². The zero-order valence-electron chi connectivity index (χ0n) is 65.4. The predicted molar refractivity (Wildman–Crippen MR) is 493 cm³/mol. The van der Waals surface area contributed by atoms with Crippen LogP contribution in [0.2, 0.25) is 0 Å². The molecule has 0 saturated carbocycles. The molecule has 0 unspecified atom stereocenters. The van der Waals surface area contributed by atoms with Gasteiger partial charge in [0.05, 0.1) is 22.7 Å². The molecule has 21 rings (SSSR count). The summed E-state index contributed by atoms with van der Waals surface area (Å²) >= 11 is 0. The van der Waals surface area contributed by atoms with Crippen LogP contribution in [0.25, 0.3) is 98.7 Å². The lowest BCUT2D eigenvalue weighted by atomic mass is 9.73. The van der Waals surface area contributed by atoms with E-state index in [1.165, 1.54) is 144 Å². The minimum absolute atomic E-state index is 0.203. The van der Waals surface area contributed by atoms with Crippen molar-refractivity contribution in [2.24, 2.45) is 0 Å². The monoisotopic (exact) mass is 1480 g/mol. The van der Waals surface area contributed by atoms with Crippen LogP contribution in [0.15, 0.2) is 437 Å². The van der Waals surface area contributed by atoms with Crippen LogP contribution in [0.1, 0.15) is 49.9 Å². The van der Waals surface area contributed by atoms with Gasteiger partial charge in [0.1, 0.15) is 0 Å². The van der Waals surface area contributed by atoms with E-state index in [4.69, 9.17) is 0 Å². The highest BCUT2D eigenvalue weighted by Crippen LogP contribution is 2.56. The molecule has 116 heavy (non-hydrogen) atoms. The Morgan fingerprint density at radius 1 is 0.172 bits per heavy atom. The van der Waals surface area contributed by atoms with E-state index in [2.05, 4.69) is 484 Å². The van der Waals surface area contributed by atoms with E-state index in [1.807, 2.05) is 0 Å². The number of hydrogen-bond donors (Lipinski definition) is 0. The lowest BCUT2D eigenvalue weighted by Crippen LogP contribution is -2.31. The van der Waals surface area contributed by atoms with Gasteiger partial charge in [-0.25, -0.2) is 0 Å². The molecule has 4 heteroatoms. The molecule has 0 radical (unpaired) electrons. The molecule has 0 spiro atoms. The summed E-state index contributed by atoms with van der Waals surface area (Å²) in [7, 11) is 0. The average Bonchev–Trinajstić information content (AvgIpc) is 0.719. The Balaban J connectivity index is 0.000000150. The van der Waals surface area contributed by atoms with Crippen molar-refractivity contribution in [3.05, 3.63) is 459 Å². The largest absolute Gasteiger partial charge is 0.310 e. The second-order valence-corrected chi connectivity index (χ2v) is 31.6. The summed E-state index contributed by atoms with van der Waals surface area (Å²) in [5.41, 5.74) is 30.7. The van der Waals surface area contributed by atoms with Crippen LogP contribution >= 0.6 is 0 Å². The molecule has 0 fully saturated rings. The van der Waals surface area contributed by atoms with E-state index < -0.39 is 0 Å². The third kappa shape index (κ3) is 12.9. The lowest BCUT2D eigenvalue weighted by molar-refractivity contribution is 0.632. The van der Waals surface area contributed by atoms with Gasteiger partial charge in [-0.15, -0.1) is 0 Å². The molecule has 4 nitrogen and oxygen atoms in total. The second kappa shape index (κ2) is 29.5. The van der Waals surface area contributed by atoms with Gasteiger partial charge in [0.2, 0.25) is 0 Å². The maximum atomic E-state index is 2.44. The molecule has 19 aromatic rings. The molecule has 0 N–H and O–H groups in total. The average molecular weight is 1490 g/mol. The number of fused-ring (bicyclic) bond motifs is 10. The van der Waals surface area contributed by atoms with E-state index >= 15 is 0 Å². The van der Waals surface area contributed by atoms with E-state index in [9.17, 15) is 0 Å². The van der Waals surface area contributed by atoms with Gasteiger partial charge < -0.3 is 19.6 Å². The zero-order valence-corrected chi connectivity index (χ0v) is 65.4. The number of rotatable bonds is 13. The van der Waals surface area contributed by atoms with Gasteiger partial charge >= 0.3 is 0 Å². The van der Waals surface area contributed by atoms with Gasteiger partial charge in [-0.05, 0) is 248 Å². The molecule has 0 aromatic heterocycles. The Kier molecular flexibility index (Phi) is 17.9. The van der Waals surface area contributed by atoms with Crippen LogP contribution in [0.3, 0.4) is 0 Å². The molecule has 552 valence electrons. The molecule has 2 aliphatic heterocycles. The van der Waals surface area contributed by atoms with Crippen molar-refractivity contribution >= 4 is 111 Å². The standard InChI is InChI=1S/C59H44N2.C53H40N2/c1-59(2)55-19-11-12-20-57(55)61(51-35-25-44(26-36-51)42-15-7-4-8-16-42)58-38-30-48(39-56(58)59)45-27-33-50(34-28-45)60(49-31-23-43(24-32-49)41-13-5-3-6-14-41)52-37-29-47-22-21-46-17-9-10-18-53(46)54(47)40-52;1-53(2)49-19-11-12-20-51(49)55(44-30-25-40(26-31-44)38-15-7-4-8-16-38)52-34-33-46(36-50(52)53)54(43-28-23-39(24-29-43)37-13-5-3-6-14-37)45-32-27-42-22-21-41-17-9-10-18-47(41)48(42)35-45/h3-40H,1-2H3;3-36H,1-2H3. The number of hydrogen-bond acceptors (Lipinski definition) is 4. The van der Waals surface area contributed by atoms with Crippen molar-refractivity contribution in [2.45, 2.75) is 38.5 Å². The fourth-order valence-corrected chi connectivity index (χ4v) is 18.0. The van der Waals surface area contributed by atoms with Crippen LogP contribution in [0, 0.1) is 0 Å². The summed E-state index contributed by atoms with van der Waals surface area (Å²) in [6.07, 6.45) is 0. The quantitative estimate of drug-likeness (QED) is 0.107. The summed E-state index contributed by atoms with van der Waals surface area (Å²) in [6, 6.07) is 159. The van der Waals surface area contributed by atoms with Crippen molar-refractivity contribution in [3.8, 4) is 55.6 Å². The summed E-state index contributed by atoms with van der Waals surface area (Å²) in [5.74, 6) is 0. The lowest BCUT2D eigenvalue weighted by Gasteiger charge is -2.42. The number of benzene rings is 19. The van der Waals surface area contributed by atoms with E-state index in [0.29, 0.717) is 0 Å². The van der Waals surface area contributed by atoms with Gasteiger partial charge in [0.25, 0.3) is 0 Å². The Labute approximate surface area is 679 Å². The van der Waals surface area contributed by atoms with Crippen molar-refractivity contribution < 1.29 is 0 Å². The van der Waals surface area contributed by atoms with Crippen molar-refractivity contribution in [1.29, 1.82) is 0 Å². The summed E-state index contributed by atoms with van der Waals surface area (Å²) in [4.78, 5) is 9.68. The first-order chi connectivity index (χ1) is 57.0. The molecule has 2 heterocycles. The highest BCUT2D eigenvalue weighted by molar-refractivity contribution is 6.10. The SMILES string of the molecule is CC1(C)c2ccccc2N(c2ccc(-c3ccccc3)cc2)c2ccc(-c3ccc(N(c4ccc(-c5ccccc5)cc4)c4ccc5ccc6ccccc6c5c4)cc3)cc21.CC1(C)c2ccccc2N(c2ccc(-c3ccccc3)cc2)c2ccc(N(c3ccc(-c4ccccc4)cc3)c3ccc4ccc5ccccc5c4c3)cc21. The Morgan fingerprint density at radius 3 is 0.819 bits per heavy atom. The summed E-state index contributed by atoms with van der Waals surface area (Å²) < 4.78 is 0. The van der Waals surface area contributed by atoms with Crippen LogP contribution in [0.5, 0.6) is 0 Å². The fourth-order valence-electron chi connectivity index (χ4n) is 18.0. The van der Waals surface area contributed by atoms with Crippen LogP contribution in [-0.4, -0.2) is 0 Å². The molecular weight excluding hydrogens is 1400 g/mol. The van der Waals surface area contributed by atoms with Gasteiger partial charge in [0.15, 0.2) is 0 Å². The Hall–Kier alpha value is -14.6.